The quantitative estimate of drug-likeness (QED) is 0.568. The summed E-state index contributed by atoms with van der Waals surface area (Å²) in [5.74, 6) is -1.40. The monoisotopic (exact) mass is 480 g/mol. The molecule has 1 saturated heterocycles. The first kappa shape index (κ1) is 24.7. The molecular weight excluding hydrogens is 448 g/mol. The van der Waals surface area contributed by atoms with Crippen LogP contribution in [0, 0.1) is 5.92 Å². The number of fused-ring (bicyclic) bond motifs is 3. The lowest BCUT2D eigenvalue weighted by molar-refractivity contribution is -0.140. The SMILES string of the molecule is CC(C)N(CCC(=O)O)C(=O)C1COC(CNC(=O)OCC2c3ccccc3-c3ccccc32)C1. The van der Waals surface area contributed by atoms with Crippen LogP contribution >= 0.6 is 0 Å². The summed E-state index contributed by atoms with van der Waals surface area (Å²) in [5, 5.41) is 11.7. The molecule has 0 spiro atoms. The first-order valence-electron chi connectivity index (χ1n) is 12.1. The van der Waals surface area contributed by atoms with Gasteiger partial charge in [-0.15, -0.1) is 0 Å². The summed E-state index contributed by atoms with van der Waals surface area (Å²) < 4.78 is 11.3. The predicted molar refractivity (Wildman–Crippen MR) is 130 cm³/mol. The molecular formula is C27H32N2O6. The number of ether oxygens (including phenoxy) is 2. The van der Waals surface area contributed by atoms with Crippen LogP contribution in [0.3, 0.4) is 0 Å². The van der Waals surface area contributed by atoms with Crippen LogP contribution in [0.2, 0.25) is 0 Å². The highest BCUT2D eigenvalue weighted by atomic mass is 16.5. The van der Waals surface area contributed by atoms with Crippen LogP contribution in [0.1, 0.15) is 43.7 Å². The molecule has 1 aliphatic carbocycles. The predicted octanol–water partition coefficient (Wildman–Crippen LogP) is 3.64. The molecule has 2 unspecified atom stereocenters. The maximum atomic E-state index is 12.9. The van der Waals surface area contributed by atoms with Crippen molar-refractivity contribution in [2.75, 3.05) is 26.3 Å². The zero-order valence-corrected chi connectivity index (χ0v) is 20.1. The number of carbonyl (C=O) groups excluding carboxylic acids is 2. The fraction of sp³-hybridized carbons (Fsp3) is 0.444. The lowest BCUT2D eigenvalue weighted by atomic mass is 9.98. The van der Waals surface area contributed by atoms with E-state index in [0.717, 1.165) is 11.1 Å². The van der Waals surface area contributed by atoms with E-state index in [1.54, 1.807) is 4.90 Å². The summed E-state index contributed by atoms with van der Waals surface area (Å²) in [6.07, 6.45) is -0.434. The maximum absolute atomic E-state index is 12.9. The number of carboxylic acids is 1. The maximum Gasteiger partial charge on any atom is 0.407 e. The number of amides is 2. The van der Waals surface area contributed by atoms with Gasteiger partial charge in [0.05, 0.1) is 25.0 Å². The lowest BCUT2D eigenvalue weighted by Crippen LogP contribution is -2.42. The van der Waals surface area contributed by atoms with E-state index < -0.39 is 12.1 Å². The summed E-state index contributed by atoms with van der Waals surface area (Å²) in [6, 6.07) is 16.2. The Balaban J connectivity index is 1.26. The number of aliphatic carboxylic acids is 1. The van der Waals surface area contributed by atoms with E-state index in [1.165, 1.54) is 11.1 Å². The molecule has 1 fully saturated rings. The van der Waals surface area contributed by atoms with Crippen LogP contribution in [0.4, 0.5) is 4.79 Å². The number of rotatable bonds is 9. The Kier molecular flexibility index (Phi) is 7.70. The van der Waals surface area contributed by atoms with Crippen LogP contribution in [0.25, 0.3) is 11.1 Å². The van der Waals surface area contributed by atoms with Crippen LogP contribution in [0.15, 0.2) is 48.5 Å². The average molecular weight is 481 g/mol. The second-order valence-corrected chi connectivity index (χ2v) is 9.36. The van der Waals surface area contributed by atoms with Crippen molar-refractivity contribution in [3.05, 3.63) is 59.7 Å². The van der Waals surface area contributed by atoms with Crippen LogP contribution in [-0.4, -0.2) is 66.4 Å². The summed E-state index contributed by atoms with van der Waals surface area (Å²) in [7, 11) is 0. The van der Waals surface area contributed by atoms with Gasteiger partial charge in [-0.2, -0.15) is 0 Å². The molecule has 2 aromatic carbocycles. The third kappa shape index (κ3) is 5.65. The minimum absolute atomic E-state index is 0.00861. The summed E-state index contributed by atoms with van der Waals surface area (Å²) in [4.78, 5) is 37.8. The zero-order valence-electron chi connectivity index (χ0n) is 20.1. The molecule has 2 N–H and O–H groups in total. The Bertz CT molecular complexity index is 1040. The normalized spacial score (nSPS) is 18.7. The van der Waals surface area contributed by atoms with Gasteiger partial charge in [0.2, 0.25) is 5.91 Å². The highest BCUT2D eigenvalue weighted by Crippen LogP contribution is 2.44. The molecule has 0 radical (unpaired) electrons. The first-order valence-corrected chi connectivity index (χ1v) is 12.1. The van der Waals surface area contributed by atoms with Crippen LogP contribution < -0.4 is 5.32 Å². The molecule has 35 heavy (non-hydrogen) atoms. The molecule has 2 aliphatic rings. The van der Waals surface area contributed by atoms with Gasteiger partial charge in [-0.1, -0.05) is 48.5 Å². The third-order valence-corrected chi connectivity index (χ3v) is 6.72. The highest BCUT2D eigenvalue weighted by molar-refractivity contribution is 5.80. The second kappa shape index (κ2) is 10.9. The van der Waals surface area contributed by atoms with E-state index in [0.29, 0.717) is 6.42 Å². The number of hydrogen-bond acceptors (Lipinski definition) is 5. The molecule has 1 heterocycles. The fourth-order valence-electron chi connectivity index (χ4n) is 4.94. The molecule has 0 saturated carbocycles. The van der Waals surface area contributed by atoms with Gasteiger partial charge < -0.3 is 24.8 Å². The molecule has 8 heteroatoms. The van der Waals surface area contributed by atoms with Gasteiger partial charge in [-0.25, -0.2) is 4.79 Å². The molecule has 0 aromatic heterocycles. The number of carboxylic acid groups (broad SMARTS) is 1. The fourth-order valence-corrected chi connectivity index (χ4v) is 4.94. The van der Waals surface area contributed by atoms with Gasteiger partial charge >= 0.3 is 12.1 Å². The Hall–Kier alpha value is -3.39. The van der Waals surface area contributed by atoms with Crippen molar-refractivity contribution >= 4 is 18.0 Å². The molecule has 8 nitrogen and oxygen atoms in total. The lowest BCUT2D eigenvalue weighted by Gasteiger charge is -2.28. The van der Waals surface area contributed by atoms with Gasteiger partial charge in [-0.05, 0) is 42.5 Å². The van der Waals surface area contributed by atoms with Crippen LogP contribution in [-0.2, 0) is 19.1 Å². The Morgan fingerprint density at radius 1 is 1.09 bits per heavy atom. The summed E-state index contributed by atoms with van der Waals surface area (Å²) in [5.41, 5.74) is 4.65. The van der Waals surface area contributed by atoms with Crippen molar-refractivity contribution in [1.82, 2.24) is 10.2 Å². The van der Waals surface area contributed by atoms with Gasteiger partial charge in [0.25, 0.3) is 0 Å². The number of carbonyl (C=O) groups is 3. The minimum atomic E-state index is -0.934. The number of benzene rings is 2. The van der Waals surface area contributed by atoms with Crippen molar-refractivity contribution in [2.45, 2.75) is 44.8 Å². The Labute approximate surface area is 205 Å². The standard InChI is InChI=1S/C27H32N2O6/c1-17(2)29(12-11-25(30)31)26(32)18-13-19(34-15-18)14-28-27(33)35-16-24-22-9-5-3-7-20(22)21-8-4-6-10-23(21)24/h3-10,17-19,24H,11-16H2,1-2H3,(H,28,33)(H,30,31). The molecule has 2 atom stereocenters. The van der Waals surface area contributed by atoms with Gasteiger partial charge in [-0.3, -0.25) is 9.59 Å². The summed E-state index contributed by atoms with van der Waals surface area (Å²) in [6.45, 7) is 4.64. The Morgan fingerprint density at radius 3 is 2.31 bits per heavy atom. The van der Waals surface area contributed by atoms with E-state index in [4.69, 9.17) is 14.6 Å². The average Bonchev–Trinajstić information content (AvgIpc) is 3.44. The molecule has 1 aliphatic heterocycles. The Morgan fingerprint density at radius 2 is 1.71 bits per heavy atom. The molecule has 2 aromatic rings. The van der Waals surface area contributed by atoms with Crippen molar-refractivity contribution in [3.63, 3.8) is 0 Å². The van der Waals surface area contributed by atoms with Gasteiger partial charge in [0, 0.05) is 25.0 Å². The molecule has 0 bridgehead atoms. The number of alkyl carbamates (subject to hydrolysis) is 1. The van der Waals surface area contributed by atoms with E-state index in [1.807, 2.05) is 38.1 Å². The molecule has 2 amide bonds. The number of nitrogens with zero attached hydrogens (tertiary/aromatic N) is 1. The van der Waals surface area contributed by atoms with E-state index >= 15 is 0 Å². The minimum Gasteiger partial charge on any atom is -0.481 e. The van der Waals surface area contributed by atoms with Crippen molar-refractivity contribution in [1.29, 1.82) is 0 Å². The largest absolute Gasteiger partial charge is 0.481 e. The smallest absolute Gasteiger partial charge is 0.407 e. The van der Waals surface area contributed by atoms with Crippen molar-refractivity contribution in [3.8, 4) is 11.1 Å². The van der Waals surface area contributed by atoms with E-state index in [9.17, 15) is 14.4 Å². The van der Waals surface area contributed by atoms with Gasteiger partial charge in [0.15, 0.2) is 0 Å². The highest BCUT2D eigenvalue weighted by Gasteiger charge is 2.35. The molecule has 186 valence electrons. The number of nitrogens with one attached hydrogen (secondary N) is 1. The molecule has 4 rings (SSSR count). The van der Waals surface area contributed by atoms with Crippen LogP contribution in [0.5, 0.6) is 0 Å². The van der Waals surface area contributed by atoms with E-state index in [-0.39, 0.29) is 62.6 Å². The second-order valence-electron chi connectivity index (χ2n) is 9.36. The van der Waals surface area contributed by atoms with Crippen molar-refractivity contribution < 1.29 is 29.0 Å². The van der Waals surface area contributed by atoms with Gasteiger partial charge in [0.1, 0.15) is 6.61 Å². The summed E-state index contributed by atoms with van der Waals surface area (Å²) >= 11 is 0. The number of hydrogen-bond donors (Lipinski definition) is 2. The first-order chi connectivity index (χ1) is 16.8. The topological polar surface area (TPSA) is 105 Å². The zero-order chi connectivity index (χ0) is 24.9. The van der Waals surface area contributed by atoms with E-state index in [2.05, 4.69) is 29.6 Å². The van der Waals surface area contributed by atoms with Crippen molar-refractivity contribution in [2.24, 2.45) is 5.92 Å². The third-order valence-electron chi connectivity index (χ3n) is 6.72.